The van der Waals surface area contributed by atoms with Gasteiger partial charge in [0.25, 0.3) is 5.91 Å². The van der Waals surface area contributed by atoms with E-state index in [1.807, 2.05) is 96.2 Å². The molecule has 6 heterocycles. The van der Waals surface area contributed by atoms with Crippen LogP contribution in [0, 0.1) is 13.8 Å². The lowest BCUT2D eigenvalue weighted by atomic mass is 9.87. The molecular formula is C38H36N4O5. The molecule has 238 valence electrons. The van der Waals surface area contributed by atoms with Crippen molar-refractivity contribution in [2.24, 2.45) is 0 Å². The minimum absolute atomic E-state index is 0.0345. The third-order valence-corrected chi connectivity index (χ3v) is 8.95. The first-order chi connectivity index (χ1) is 22.9. The van der Waals surface area contributed by atoms with Gasteiger partial charge in [0.2, 0.25) is 5.91 Å². The van der Waals surface area contributed by atoms with Crippen LogP contribution in [0.15, 0.2) is 91.0 Å². The van der Waals surface area contributed by atoms with Crippen LogP contribution in [0.1, 0.15) is 56.5 Å². The normalized spacial score (nSPS) is 16.0. The summed E-state index contributed by atoms with van der Waals surface area (Å²) in [5.74, 6) is 1.29. The Morgan fingerprint density at radius 1 is 0.957 bits per heavy atom. The third kappa shape index (κ3) is 6.04. The van der Waals surface area contributed by atoms with Crippen LogP contribution in [0.4, 0.5) is 0 Å². The highest BCUT2D eigenvalue weighted by molar-refractivity contribution is 5.97. The van der Waals surface area contributed by atoms with Crippen LogP contribution < -0.4 is 14.8 Å². The Hall–Kier alpha value is -5.57. The number of hydrogen-bond donors (Lipinski definition) is 2. The summed E-state index contributed by atoms with van der Waals surface area (Å²) in [6, 6.07) is 28.1. The van der Waals surface area contributed by atoms with Gasteiger partial charge < -0.3 is 24.8 Å². The second-order valence-electron chi connectivity index (χ2n) is 12.0. The summed E-state index contributed by atoms with van der Waals surface area (Å²) in [6.07, 6.45) is 1.48. The molecule has 0 saturated carbocycles. The number of carbonyl (C=O) groups excluding carboxylic acids is 2. The molecule has 9 heteroatoms. The lowest BCUT2D eigenvalue weighted by molar-refractivity contribution is -0.132. The molecule has 5 aliphatic heterocycles. The van der Waals surface area contributed by atoms with Gasteiger partial charge in [0.15, 0.2) is 0 Å². The standard InChI is InChI=1S/C38H36N4O5/c1-24-33(25(2)42(40-24)28-7-4-3-5-8-28)23-36(44)41-19-17-27-21-30-13-15-32(27)37(41)26-9-11-29(12-10-26)46-20-6-18-39-38(45)34-22-31(47-30)14-16-35(34)43/h3-5,7-16,21-22,37,43H,6,17-20,23H2,1-2H3,(H,39,45). The van der Waals surface area contributed by atoms with Gasteiger partial charge in [-0.2, -0.15) is 5.10 Å². The van der Waals surface area contributed by atoms with E-state index in [0.29, 0.717) is 49.8 Å². The van der Waals surface area contributed by atoms with E-state index in [1.54, 1.807) is 12.1 Å². The first-order valence-corrected chi connectivity index (χ1v) is 15.9. The molecular weight excluding hydrogens is 592 g/mol. The van der Waals surface area contributed by atoms with E-state index < -0.39 is 0 Å². The van der Waals surface area contributed by atoms with E-state index in [0.717, 1.165) is 39.3 Å². The Balaban J connectivity index is 1.24. The molecule has 10 rings (SSSR count). The SMILES string of the molecule is Cc1nn(-c2ccccc2)c(C)c1CC(=O)N1CCc2cc3ccc2C1c1ccc(cc1)OCCCNC(=O)c1cc(ccc1O)O3. The summed E-state index contributed by atoms with van der Waals surface area (Å²) in [6.45, 7) is 5.30. The Labute approximate surface area is 273 Å². The van der Waals surface area contributed by atoms with Crippen molar-refractivity contribution in [1.29, 1.82) is 0 Å². The fraction of sp³-hybridized carbons (Fsp3) is 0.237. The number of rotatable bonds is 3. The Morgan fingerprint density at radius 3 is 2.51 bits per heavy atom. The number of nitrogens with zero attached hydrogens (tertiary/aromatic N) is 3. The van der Waals surface area contributed by atoms with Crippen LogP contribution in [0.25, 0.3) is 5.69 Å². The quantitative estimate of drug-likeness (QED) is 0.246. The molecule has 8 bridgehead atoms. The van der Waals surface area contributed by atoms with Gasteiger partial charge in [-0.15, -0.1) is 0 Å². The van der Waals surface area contributed by atoms with E-state index >= 15 is 0 Å². The van der Waals surface area contributed by atoms with Crippen molar-refractivity contribution >= 4 is 11.8 Å². The zero-order valence-electron chi connectivity index (χ0n) is 26.4. The molecule has 9 nitrogen and oxygen atoms in total. The molecule has 1 atom stereocenters. The molecule has 1 aromatic heterocycles. The van der Waals surface area contributed by atoms with Gasteiger partial charge in [-0.25, -0.2) is 4.68 Å². The number of aryl methyl sites for hydroxylation is 1. The van der Waals surface area contributed by atoms with Crippen LogP contribution in [-0.2, 0) is 17.6 Å². The number of para-hydroxylation sites is 1. The number of amides is 2. The van der Waals surface area contributed by atoms with Crippen molar-refractivity contribution in [3.8, 4) is 28.7 Å². The number of phenols is 1. The number of aromatic nitrogens is 2. The van der Waals surface area contributed by atoms with Crippen LogP contribution >= 0.6 is 0 Å². The van der Waals surface area contributed by atoms with Crippen LogP contribution in [0.3, 0.4) is 0 Å². The average Bonchev–Trinajstić information content (AvgIpc) is 3.37. The number of benzene rings is 4. The zero-order valence-corrected chi connectivity index (χ0v) is 26.4. The summed E-state index contributed by atoms with van der Waals surface area (Å²) < 4.78 is 14.1. The zero-order chi connectivity index (χ0) is 32.5. The van der Waals surface area contributed by atoms with Crippen LogP contribution in [0.2, 0.25) is 0 Å². The average molecular weight is 629 g/mol. The van der Waals surface area contributed by atoms with E-state index in [4.69, 9.17) is 14.6 Å². The predicted molar refractivity (Wildman–Crippen MR) is 178 cm³/mol. The molecule has 5 aromatic rings. The third-order valence-electron chi connectivity index (χ3n) is 8.95. The second-order valence-corrected chi connectivity index (χ2v) is 12.0. The van der Waals surface area contributed by atoms with E-state index in [2.05, 4.69) is 5.32 Å². The topological polar surface area (TPSA) is 106 Å². The number of ether oxygens (including phenoxy) is 2. The van der Waals surface area contributed by atoms with Gasteiger partial charge >= 0.3 is 0 Å². The number of aromatic hydroxyl groups is 1. The highest BCUT2D eigenvalue weighted by Gasteiger charge is 2.33. The first-order valence-electron chi connectivity index (χ1n) is 15.9. The summed E-state index contributed by atoms with van der Waals surface area (Å²) in [5, 5.41) is 18.0. The van der Waals surface area contributed by atoms with Crippen LogP contribution in [-0.4, -0.2) is 51.3 Å². The molecule has 47 heavy (non-hydrogen) atoms. The highest BCUT2D eigenvalue weighted by Crippen LogP contribution is 2.39. The largest absolute Gasteiger partial charge is 0.507 e. The molecule has 0 fully saturated rings. The Kier molecular flexibility index (Phi) is 8.12. The fourth-order valence-electron chi connectivity index (χ4n) is 6.50. The van der Waals surface area contributed by atoms with Gasteiger partial charge in [0, 0.05) is 24.3 Å². The summed E-state index contributed by atoms with van der Waals surface area (Å²) in [4.78, 5) is 29.0. The fourth-order valence-corrected chi connectivity index (χ4v) is 6.50. The molecule has 0 saturated heterocycles. The minimum Gasteiger partial charge on any atom is -0.507 e. The van der Waals surface area contributed by atoms with Gasteiger partial charge in [-0.05, 0) is 98.0 Å². The predicted octanol–water partition coefficient (Wildman–Crippen LogP) is 6.22. The number of nitrogens with one attached hydrogen (secondary N) is 1. The van der Waals surface area contributed by atoms with Gasteiger partial charge in [-0.3, -0.25) is 9.59 Å². The smallest absolute Gasteiger partial charge is 0.255 e. The van der Waals surface area contributed by atoms with Crippen molar-refractivity contribution in [3.05, 3.63) is 130 Å². The summed E-state index contributed by atoms with van der Waals surface area (Å²) >= 11 is 0. The number of carbonyl (C=O) groups is 2. The summed E-state index contributed by atoms with van der Waals surface area (Å²) in [7, 11) is 0. The van der Waals surface area contributed by atoms with Crippen molar-refractivity contribution < 1.29 is 24.2 Å². The molecule has 0 radical (unpaired) electrons. The number of hydrogen-bond acceptors (Lipinski definition) is 6. The van der Waals surface area contributed by atoms with Gasteiger partial charge in [-0.1, -0.05) is 36.4 Å². The van der Waals surface area contributed by atoms with Gasteiger partial charge in [0.05, 0.1) is 36.0 Å². The molecule has 0 aliphatic carbocycles. The maximum Gasteiger partial charge on any atom is 0.255 e. The van der Waals surface area contributed by atoms with Crippen molar-refractivity contribution in [3.63, 3.8) is 0 Å². The van der Waals surface area contributed by atoms with E-state index in [9.17, 15) is 14.7 Å². The molecule has 0 spiro atoms. The van der Waals surface area contributed by atoms with Crippen molar-refractivity contribution in [2.75, 3.05) is 19.7 Å². The molecule has 2 N–H and O–H groups in total. The van der Waals surface area contributed by atoms with Gasteiger partial charge in [0.1, 0.15) is 23.0 Å². The lowest BCUT2D eigenvalue weighted by Gasteiger charge is -2.38. The molecule has 1 unspecified atom stereocenters. The van der Waals surface area contributed by atoms with E-state index in [-0.39, 0.29) is 35.6 Å². The highest BCUT2D eigenvalue weighted by atomic mass is 16.5. The monoisotopic (exact) mass is 628 g/mol. The Morgan fingerprint density at radius 2 is 1.70 bits per heavy atom. The molecule has 4 aromatic carbocycles. The minimum atomic E-state index is -0.383. The van der Waals surface area contributed by atoms with E-state index in [1.165, 1.54) is 6.07 Å². The van der Waals surface area contributed by atoms with Crippen molar-refractivity contribution in [2.45, 2.75) is 39.2 Å². The van der Waals surface area contributed by atoms with Crippen molar-refractivity contribution in [1.82, 2.24) is 20.0 Å². The van der Waals surface area contributed by atoms with Crippen LogP contribution in [0.5, 0.6) is 23.0 Å². The maximum atomic E-state index is 14.2. The first kappa shape index (κ1) is 30.1. The number of phenolic OH excluding ortho intramolecular Hbond substituents is 1. The maximum absolute atomic E-state index is 14.2. The summed E-state index contributed by atoms with van der Waals surface area (Å²) in [5.41, 5.74) is 6.94. The second kappa shape index (κ2) is 12.7. The Bertz CT molecular complexity index is 1950. The lowest BCUT2D eigenvalue weighted by Crippen LogP contribution is -2.41. The molecule has 5 aliphatic rings. The molecule has 2 amide bonds.